The number of nitrogens with one attached hydrogen (secondary N) is 1. The molecule has 0 saturated carbocycles. The number of nitrogens with zero attached hydrogens (tertiary/aromatic N) is 4. The quantitative estimate of drug-likeness (QED) is 0.345. The lowest BCUT2D eigenvalue weighted by Gasteiger charge is -2.14. The Balaban J connectivity index is 1.44. The molecule has 5 rings (SSSR count). The van der Waals surface area contributed by atoms with Crippen LogP contribution in [0.15, 0.2) is 46.5 Å². The van der Waals surface area contributed by atoms with Crippen molar-refractivity contribution in [2.24, 2.45) is 0 Å². The maximum Gasteiger partial charge on any atom is 0.265 e. The first kappa shape index (κ1) is 22.2. The third-order valence-corrected chi connectivity index (χ3v) is 6.93. The molecule has 0 saturated heterocycles. The predicted molar refractivity (Wildman–Crippen MR) is 122 cm³/mol. The van der Waals surface area contributed by atoms with Gasteiger partial charge < -0.3 is 5.32 Å². The molecule has 174 valence electrons. The van der Waals surface area contributed by atoms with Crippen LogP contribution in [0.4, 0.5) is 18.9 Å². The largest absolute Gasteiger partial charge is 0.323 e. The van der Waals surface area contributed by atoms with Crippen molar-refractivity contribution < 1.29 is 18.0 Å². The monoisotopic (exact) mass is 485 g/mol. The standard InChI is InChI=1S/C23H18F3N5O2S/c1-11-3-4-13(7-12(11)2)31-21-15(9-27-31)22(33)30-14(10-34-23(30)29-21)8-18(32)28-17-6-5-16(24)19(25)20(17)26/h3-7,9,14H,8,10H2,1-2H3,(H,28,32). The fraction of sp³-hybridized carbons (Fsp3) is 0.217. The number of fused-ring (bicyclic) bond motifs is 2. The molecule has 4 aromatic rings. The zero-order valence-corrected chi connectivity index (χ0v) is 18.9. The van der Waals surface area contributed by atoms with Gasteiger partial charge in [-0.1, -0.05) is 17.8 Å². The smallest absolute Gasteiger partial charge is 0.265 e. The van der Waals surface area contributed by atoms with E-state index in [9.17, 15) is 22.8 Å². The number of rotatable bonds is 4. The van der Waals surface area contributed by atoms with Gasteiger partial charge in [0.2, 0.25) is 5.91 Å². The number of thioether (sulfide) groups is 1. The van der Waals surface area contributed by atoms with Crippen LogP contribution in [-0.2, 0) is 4.79 Å². The van der Waals surface area contributed by atoms with Gasteiger partial charge in [-0.3, -0.25) is 14.2 Å². The Kier molecular flexibility index (Phi) is 5.43. The molecule has 1 atom stereocenters. The maximum absolute atomic E-state index is 13.9. The molecule has 34 heavy (non-hydrogen) atoms. The average molecular weight is 485 g/mol. The minimum atomic E-state index is -1.66. The fourth-order valence-electron chi connectivity index (χ4n) is 3.86. The van der Waals surface area contributed by atoms with E-state index in [0.717, 1.165) is 28.9 Å². The van der Waals surface area contributed by atoms with Crippen LogP contribution in [0.2, 0.25) is 0 Å². The number of hydrogen-bond acceptors (Lipinski definition) is 5. The number of benzene rings is 2. The molecule has 1 N–H and O–H groups in total. The highest BCUT2D eigenvalue weighted by atomic mass is 32.2. The number of halogens is 3. The van der Waals surface area contributed by atoms with Gasteiger partial charge in [0.1, 0.15) is 5.39 Å². The Morgan fingerprint density at radius 1 is 1.15 bits per heavy atom. The minimum absolute atomic E-state index is 0.170. The normalized spacial score (nSPS) is 15.0. The number of aromatic nitrogens is 4. The van der Waals surface area contributed by atoms with Gasteiger partial charge in [0.15, 0.2) is 28.3 Å². The highest BCUT2D eigenvalue weighted by Gasteiger charge is 2.30. The van der Waals surface area contributed by atoms with E-state index in [4.69, 9.17) is 0 Å². The maximum atomic E-state index is 13.9. The summed E-state index contributed by atoms with van der Waals surface area (Å²) in [4.78, 5) is 30.4. The Bertz CT molecular complexity index is 1530. The molecule has 1 aliphatic heterocycles. The molecular weight excluding hydrogens is 467 g/mol. The Morgan fingerprint density at radius 3 is 2.71 bits per heavy atom. The van der Waals surface area contributed by atoms with Crippen molar-refractivity contribution in [2.45, 2.75) is 31.5 Å². The summed E-state index contributed by atoms with van der Waals surface area (Å²) in [6.45, 7) is 3.99. The van der Waals surface area contributed by atoms with Crippen LogP contribution in [0.3, 0.4) is 0 Å². The van der Waals surface area contributed by atoms with E-state index >= 15 is 0 Å². The van der Waals surface area contributed by atoms with Crippen molar-refractivity contribution in [3.63, 3.8) is 0 Å². The first-order valence-corrected chi connectivity index (χ1v) is 11.4. The van der Waals surface area contributed by atoms with Gasteiger partial charge in [-0.15, -0.1) is 0 Å². The molecular formula is C23H18F3N5O2S. The highest BCUT2D eigenvalue weighted by Crippen LogP contribution is 2.34. The van der Waals surface area contributed by atoms with Crippen LogP contribution in [0.25, 0.3) is 16.7 Å². The third kappa shape index (κ3) is 3.65. The van der Waals surface area contributed by atoms with Crippen molar-refractivity contribution >= 4 is 34.4 Å². The van der Waals surface area contributed by atoms with Crippen LogP contribution < -0.4 is 10.9 Å². The number of aryl methyl sites for hydroxylation is 2. The van der Waals surface area contributed by atoms with Gasteiger partial charge in [0.05, 0.1) is 23.6 Å². The molecule has 2 aromatic heterocycles. The van der Waals surface area contributed by atoms with Gasteiger partial charge in [-0.2, -0.15) is 5.10 Å². The summed E-state index contributed by atoms with van der Waals surface area (Å²) in [7, 11) is 0. The zero-order chi connectivity index (χ0) is 24.1. The number of amides is 1. The number of hydrogen-bond donors (Lipinski definition) is 1. The van der Waals surface area contributed by atoms with Crippen molar-refractivity contribution in [3.8, 4) is 5.69 Å². The summed E-state index contributed by atoms with van der Waals surface area (Å²) in [5.74, 6) is -4.72. The summed E-state index contributed by atoms with van der Waals surface area (Å²) in [5.41, 5.74) is 2.61. The topological polar surface area (TPSA) is 81.8 Å². The molecule has 0 fully saturated rings. The second kappa shape index (κ2) is 8.32. The Hall–Kier alpha value is -3.60. The second-order valence-corrected chi connectivity index (χ2v) is 9.06. The molecule has 1 unspecified atom stereocenters. The van der Waals surface area contributed by atoms with E-state index in [2.05, 4.69) is 15.4 Å². The molecule has 11 heteroatoms. The lowest BCUT2D eigenvalue weighted by molar-refractivity contribution is -0.116. The van der Waals surface area contributed by atoms with Crippen molar-refractivity contribution in [1.82, 2.24) is 19.3 Å². The Labute approximate surface area is 195 Å². The Morgan fingerprint density at radius 2 is 1.94 bits per heavy atom. The molecule has 0 aliphatic carbocycles. The van der Waals surface area contributed by atoms with Gasteiger partial charge in [-0.05, 0) is 49.2 Å². The molecule has 1 amide bonds. The molecule has 0 bridgehead atoms. The molecule has 0 spiro atoms. The van der Waals surface area contributed by atoms with E-state index in [1.165, 1.54) is 22.5 Å². The summed E-state index contributed by atoms with van der Waals surface area (Å²) in [5, 5.41) is 7.35. The molecule has 1 aliphatic rings. The fourth-order valence-corrected chi connectivity index (χ4v) is 5.00. The highest BCUT2D eigenvalue weighted by molar-refractivity contribution is 7.99. The average Bonchev–Trinajstić information content (AvgIpc) is 3.41. The summed E-state index contributed by atoms with van der Waals surface area (Å²) in [6, 6.07) is 6.97. The second-order valence-electron chi connectivity index (χ2n) is 8.07. The van der Waals surface area contributed by atoms with Gasteiger partial charge in [0.25, 0.3) is 5.56 Å². The van der Waals surface area contributed by atoms with Crippen LogP contribution in [0.5, 0.6) is 0 Å². The molecule has 7 nitrogen and oxygen atoms in total. The lowest BCUT2D eigenvalue weighted by Crippen LogP contribution is -2.28. The molecule has 0 radical (unpaired) electrons. The van der Waals surface area contributed by atoms with Crippen LogP contribution in [0.1, 0.15) is 23.6 Å². The molecule has 3 heterocycles. The van der Waals surface area contributed by atoms with Crippen LogP contribution in [0, 0.1) is 31.3 Å². The number of carbonyl (C=O) groups is 1. The molecule has 2 aromatic carbocycles. The zero-order valence-electron chi connectivity index (χ0n) is 18.1. The van der Waals surface area contributed by atoms with Crippen LogP contribution >= 0.6 is 11.8 Å². The van der Waals surface area contributed by atoms with Gasteiger partial charge >= 0.3 is 0 Å². The minimum Gasteiger partial charge on any atom is -0.323 e. The van der Waals surface area contributed by atoms with Gasteiger partial charge in [-0.25, -0.2) is 22.8 Å². The van der Waals surface area contributed by atoms with Crippen molar-refractivity contribution in [3.05, 3.63) is 75.5 Å². The summed E-state index contributed by atoms with van der Waals surface area (Å²) < 4.78 is 43.5. The predicted octanol–water partition coefficient (Wildman–Crippen LogP) is 4.29. The summed E-state index contributed by atoms with van der Waals surface area (Å²) in [6.07, 6.45) is 1.28. The van der Waals surface area contributed by atoms with Crippen molar-refractivity contribution in [2.75, 3.05) is 11.1 Å². The van der Waals surface area contributed by atoms with E-state index in [1.54, 1.807) is 4.68 Å². The third-order valence-electron chi connectivity index (χ3n) is 5.84. The van der Waals surface area contributed by atoms with E-state index in [-0.39, 0.29) is 12.0 Å². The van der Waals surface area contributed by atoms with E-state index < -0.39 is 35.1 Å². The van der Waals surface area contributed by atoms with E-state index in [0.29, 0.717) is 21.9 Å². The van der Waals surface area contributed by atoms with Crippen molar-refractivity contribution in [1.29, 1.82) is 0 Å². The first-order chi connectivity index (χ1) is 16.2. The van der Waals surface area contributed by atoms with Gasteiger partial charge in [0, 0.05) is 12.2 Å². The van der Waals surface area contributed by atoms with Crippen LogP contribution in [-0.4, -0.2) is 31.0 Å². The number of anilines is 1. The lowest BCUT2D eigenvalue weighted by atomic mass is 10.1. The van der Waals surface area contributed by atoms with E-state index in [1.807, 2.05) is 32.0 Å². The first-order valence-electron chi connectivity index (χ1n) is 10.4. The number of carbonyl (C=O) groups excluding carboxylic acids is 1. The summed E-state index contributed by atoms with van der Waals surface area (Å²) >= 11 is 1.32. The SMILES string of the molecule is Cc1ccc(-n2ncc3c(=O)n4c(nc32)SCC4CC(=O)Nc2ccc(F)c(F)c2F)cc1C.